The van der Waals surface area contributed by atoms with Gasteiger partial charge in [-0.2, -0.15) is 0 Å². The summed E-state index contributed by atoms with van der Waals surface area (Å²) in [5.41, 5.74) is 10.3. The molecule has 0 saturated carbocycles. The summed E-state index contributed by atoms with van der Waals surface area (Å²) < 4.78 is 18.0. The molecule has 2 aliphatic rings. The highest BCUT2D eigenvalue weighted by Gasteiger charge is 2.29. The molecule has 4 aromatic rings. The molecule has 170 valence electrons. The minimum atomic E-state index is 0. The van der Waals surface area contributed by atoms with Crippen LogP contribution in [0.4, 0.5) is 0 Å². The van der Waals surface area contributed by atoms with Gasteiger partial charge < -0.3 is 26.5 Å². The smallest absolute Gasteiger partial charge is 0.245 e. The second-order valence-electron chi connectivity index (χ2n) is 8.90. The van der Waals surface area contributed by atoms with E-state index in [2.05, 4.69) is 87.7 Å². The first-order chi connectivity index (χ1) is 15.6. The van der Waals surface area contributed by atoms with E-state index in [1.54, 1.807) is 0 Å². The third kappa shape index (κ3) is 3.87. The Kier molecular flexibility index (Phi) is 6.00. The van der Waals surface area contributed by atoms with Gasteiger partial charge in [0.2, 0.25) is 6.33 Å². The van der Waals surface area contributed by atoms with Crippen molar-refractivity contribution in [3.8, 4) is 11.5 Å². The maximum atomic E-state index is 6.12. The van der Waals surface area contributed by atoms with Gasteiger partial charge in [0.15, 0.2) is 11.0 Å². The lowest BCUT2D eigenvalue weighted by Gasteiger charge is -2.11. The number of fused-ring (bicyclic) bond motifs is 3. The normalized spacial score (nSPS) is 13.9. The van der Waals surface area contributed by atoms with E-state index in [1.807, 2.05) is 0 Å². The van der Waals surface area contributed by atoms with Gasteiger partial charge in [0.25, 0.3) is 0 Å². The summed E-state index contributed by atoms with van der Waals surface area (Å²) in [4.78, 5) is 0. The van der Waals surface area contributed by atoms with Gasteiger partial charge in [0.1, 0.15) is 24.6 Å². The van der Waals surface area contributed by atoms with Crippen molar-refractivity contribution < 1.29 is 31.0 Å². The van der Waals surface area contributed by atoms with E-state index in [9.17, 15) is 0 Å². The number of imidazole rings is 1. The molecular weight excluding hydrogens is 544 g/mol. The highest BCUT2D eigenvalue weighted by molar-refractivity contribution is 9.10. The van der Waals surface area contributed by atoms with Crippen molar-refractivity contribution in [1.29, 1.82) is 0 Å². The Morgan fingerprint density at radius 1 is 1.00 bits per heavy atom. The SMILES string of the molecule is Cc1cc2c(cc1C)[n+](Cc1ccccc1Br)cn2Cc1c2c(cc3c1OCC3)OCC2.[Br-]. The van der Waals surface area contributed by atoms with E-state index < -0.39 is 0 Å². The zero-order valence-electron chi connectivity index (χ0n) is 18.8. The van der Waals surface area contributed by atoms with Gasteiger partial charge in [-0.15, -0.1) is 0 Å². The van der Waals surface area contributed by atoms with Gasteiger partial charge in [0, 0.05) is 39.6 Å². The minimum Gasteiger partial charge on any atom is -1.00 e. The summed E-state index contributed by atoms with van der Waals surface area (Å²) in [5, 5.41) is 0. The number of halogens is 2. The summed E-state index contributed by atoms with van der Waals surface area (Å²) in [5.74, 6) is 2.13. The van der Waals surface area contributed by atoms with Crippen LogP contribution in [0, 0.1) is 13.8 Å². The fraction of sp³-hybridized carbons (Fsp3) is 0.296. The molecule has 33 heavy (non-hydrogen) atoms. The van der Waals surface area contributed by atoms with Crippen molar-refractivity contribution >= 4 is 27.0 Å². The summed E-state index contributed by atoms with van der Waals surface area (Å²) in [7, 11) is 0. The highest BCUT2D eigenvalue weighted by Crippen LogP contribution is 2.41. The first-order valence-electron chi connectivity index (χ1n) is 11.2. The molecule has 3 heterocycles. The van der Waals surface area contributed by atoms with Crippen molar-refractivity contribution in [3.05, 3.63) is 86.6 Å². The molecule has 0 radical (unpaired) electrons. The predicted molar refractivity (Wildman–Crippen MR) is 129 cm³/mol. The summed E-state index contributed by atoms with van der Waals surface area (Å²) >= 11 is 3.72. The Morgan fingerprint density at radius 3 is 2.64 bits per heavy atom. The second-order valence-corrected chi connectivity index (χ2v) is 9.76. The van der Waals surface area contributed by atoms with Crippen LogP contribution >= 0.6 is 15.9 Å². The number of hydrogen-bond acceptors (Lipinski definition) is 2. The molecule has 0 fully saturated rings. The molecule has 0 amide bonds. The molecule has 0 atom stereocenters. The Balaban J connectivity index is 0.00000228. The molecule has 0 bridgehead atoms. The fourth-order valence-corrected chi connectivity index (χ4v) is 5.43. The van der Waals surface area contributed by atoms with E-state index >= 15 is 0 Å². The molecule has 0 spiro atoms. The number of nitrogens with zero attached hydrogens (tertiary/aromatic N) is 2. The maximum absolute atomic E-state index is 6.12. The van der Waals surface area contributed by atoms with E-state index in [-0.39, 0.29) is 17.0 Å². The van der Waals surface area contributed by atoms with Crippen molar-refractivity contribution in [1.82, 2.24) is 4.57 Å². The first-order valence-corrected chi connectivity index (χ1v) is 12.0. The molecule has 6 rings (SSSR count). The van der Waals surface area contributed by atoms with Crippen molar-refractivity contribution in [3.63, 3.8) is 0 Å². The largest absolute Gasteiger partial charge is 1.00 e. The predicted octanol–water partition coefficient (Wildman–Crippen LogP) is 2.28. The number of ether oxygens (including phenoxy) is 2. The summed E-state index contributed by atoms with van der Waals surface area (Å²) in [6.07, 6.45) is 4.18. The first kappa shape index (κ1) is 22.5. The Morgan fingerprint density at radius 2 is 1.79 bits per heavy atom. The molecule has 6 heteroatoms. The zero-order valence-corrected chi connectivity index (χ0v) is 22.0. The van der Waals surface area contributed by atoms with Crippen LogP contribution in [-0.4, -0.2) is 17.8 Å². The van der Waals surface area contributed by atoms with Gasteiger partial charge in [-0.05, 0) is 49.2 Å². The molecule has 0 saturated heterocycles. The van der Waals surface area contributed by atoms with Crippen molar-refractivity contribution in [2.75, 3.05) is 13.2 Å². The fourth-order valence-electron chi connectivity index (χ4n) is 5.02. The average molecular weight is 570 g/mol. The molecule has 0 N–H and O–H groups in total. The zero-order chi connectivity index (χ0) is 21.8. The van der Waals surface area contributed by atoms with Crippen LogP contribution in [0.2, 0.25) is 0 Å². The van der Waals surface area contributed by atoms with Crippen LogP contribution in [0.5, 0.6) is 11.5 Å². The number of hydrogen-bond donors (Lipinski definition) is 0. The molecule has 4 nitrogen and oxygen atoms in total. The summed E-state index contributed by atoms with van der Waals surface area (Å²) in [6, 6.07) is 15.3. The van der Waals surface area contributed by atoms with Crippen molar-refractivity contribution in [2.45, 2.75) is 39.8 Å². The lowest BCUT2D eigenvalue weighted by atomic mass is 9.99. The maximum Gasteiger partial charge on any atom is 0.245 e. The van der Waals surface area contributed by atoms with Crippen molar-refractivity contribution in [2.24, 2.45) is 0 Å². The lowest BCUT2D eigenvalue weighted by Crippen LogP contribution is -3.00. The van der Waals surface area contributed by atoms with E-state index in [0.29, 0.717) is 0 Å². The number of rotatable bonds is 4. The second kappa shape index (κ2) is 8.80. The van der Waals surface area contributed by atoms with E-state index in [1.165, 1.54) is 44.4 Å². The molecular formula is C27H26Br2N2O2. The van der Waals surface area contributed by atoms with Gasteiger partial charge in [-0.25, -0.2) is 9.13 Å². The number of benzene rings is 3. The Bertz CT molecular complexity index is 1340. The Labute approximate surface area is 213 Å². The van der Waals surface area contributed by atoms with Crippen LogP contribution < -0.4 is 31.0 Å². The van der Waals surface area contributed by atoms with Crippen LogP contribution in [-0.2, 0) is 25.9 Å². The molecule has 2 aliphatic heterocycles. The van der Waals surface area contributed by atoms with Gasteiger partial charge in [-0.1, -0.05) is 34.1 Å². The molecule has 0 aliphatic carbocycles. The van der Waals surface area contributed by atoms with Crippen LogP contribution in [0.3, 0.4) is 0 Å². The topological polar surface area (TPSA) is 27.3 Å². The van der Waals surface area contributed by atoms with E-state index in [4.69, 9.17) is 9.47 Å². The molecule has 1 aromatic heterocycles. The third-order valence-electron chi connectivity index (χ3n) is 6.88. The summed E-state index contributed by atoms with van der Waals surface area (Å²) in [6.45, 7) is 7.51. The molecule has 3 aromatic carbocycles. The third-order valence-corrected chi connectivity index (χ3v) is 7.65. The number of aryl methyl sites for hydroxylation is 2. The Hall–Kier alpha value is -2.31. The van der Waals surface area contributed by atoms with Crippen LogP contribution in [0.25, 0.3) is 11.0 Å². The van der Waals surface area contributed by atoms with Gasteiger partial charge in [0.05, 0.1) is 13.2 Å². The average Bonchev–Trinajstić information content (AvgIpc) is 3.50. The lowest BCUT2D eigenvalue weighted by molar-refractivity contribution is -0.663. The van der Waals surface area contributed by atoms with Crippen LogP contribution in [0.15, 0.2) is 53.3 Å². The monoisotopic (exact) mass is 568 g/mol. The minimum absolute atomic E-state index is 0. The van der Waals surface area contributed by atoms with E-state index in [0.717, 1.165) is 55.1 Å². The van der Waals surface area contributed by atoms with Gasteiger partial charge in [-0.3, -0.25) is 0 Å². The number of aromatic nitrogens is 2. The molecule has 0 unspecified atom stereocenters. The van der Waals surface area contributed by atoms with Crippen LogP contribution in [0.1, 0.15) is 33.4 Å². The standard InChI is InChI=1S/C27H26BrN2O2.BrH/c1-17-11-24-25(12-18(17)2)30(16-29(24)14-20-5-3-4-6-23(20)28)15-22-21-8-10-31-26(21)13-19-7-9-32-27(19)22;/h3-6,11-13,16H,7-10,14-15H2,1-2H3;1H/q+1;/p-1. The van der Waals surface area contributed by atoms with Gasteiger partial charge >= 0.3 is 0 Å². The highest BCUT2D eigenvalue weighted by atomic mass is 79.9. The quantitative estimate of drug-likeness (QED) is 0.353.